The van der Waals surface area contributed by atoms with Crippen LogP contribution < -0.4 is 19.9 Å². The van der Waals surface area contributed by atoms with Crippen molar-refractivity contribution in [2.75, 3.05) is 74.4 Å². The summed E-state index contributed by atoms with van der Waals surface area (Å²) in [5, 5.41) is 13.2. The fourth-order valence-electron chi connectivity index (χ4n) is 4.43. The molecule has 2 aromatic heterocycles. The number of aromatic amines is 1. The zero-order chi connectivity index (χ0) is 26.0. The molecule has 0 spiro atoms. The maximum Gasteiger partial charge on any atom is 0.152 e. The van der Waals surface area contributed by atoms with Crippen molar-refractivity contribution in [3.8, 4) is 5.75 Å². The van der Waals surface area contributed by atoms with Crippen LogP contribution in [0.5, 0.6) is 5.75 Å². The number of hydrogen-bond acceptors (Lipinski definition) is 9. The van der Waals surface area contributed by atoms with E-state index in [1.165, 1.54) is 0 Å². The largest absolute Gasteiger partial charge is 0.491 e. The Bertz CT molecular complexity index is 1140. The monoisotopic (exact) mass is 511 g/mol. The lowest BCUT2D eigenvalue weighted by molar-refractivity contribution is -0.109. The van der Waals surface area contributed by atoms with E-state index < -0.39 is 0 Å². The van der Waals surface area contributed by atoms with Crippen molar-refractivity contribution in [3.05, 3.63) is 42.6 Å². The highest BCUT2D eigenvalue weighted by atomic mass is 16.5. The molecule has 200 valence electrons. The Morgan fingerprint density at radius 2 is 1.95 bits per heavy atom. The molecule has 10 heteroatoms. The van der Waals surface area contributed by atoms with Crippen molar-refractivity contribution >= 4 is 34.5 Å². The summed E-state index contributed by atoms with van der Waals surface area (Å²) in [6.45, 7) is 8.32. The molecule has 0 radical (unpaired) electrons. The normalized spacial score (nSPS) is 15.9. The molecule has 1 aliphatic heterocycles. The Balaban J connectivity index is 1.36. The smallest absolute Gasteiger partial charge is 0.152 e. The molecule has 0 aliphatic carbocycles. The number of benzene rings is 1. The lowest BCUT2D eigenvalue weighted by Crippen LogP contribution is -2.54. The van der Waals surface area contributed by atoms with E-state index in [0.29, 0.717) is 46.1 Å². The van der Waals surface area contributed by atoms with Gasteiger partial charge in [-0.25, -0.2) is 4.98 Å². The van der Waals surface area contributed by atoms with Gasteiger partial charge in [-0.2, -0.15) is 0 Å². The van der Waals surface area contributed by atoms with E-state index in [1.54, 1.807) is 6.20 Å². The van der Waals surface area contributed by atoms with E-state index in [0.717, 1.165) is 46.8 Å². The first-order valence-corrected chi connectivity index (χ1v) is 12.8. The first-order chi connectivity index (χ1) is 18.1. The number of aliphatic hydroxyl groups is 1. The first kappa shape index (κ1) is 26.7. The Kier molecular flexibility index (Phi) is 9.58. The maximum absolute atomic E-state index is 12.1. The molecule has 10 nitrogen and oxygen atoms in total. The average Bonchev–Trinajstić information content (AvgIpc) is 3.33. The molecule has 0 saturated carbocycles. The molecule has 1 saturated heterocycles. The van der Waals surface area contributed by atoms with E-state index in [-0.39, 0.29) is 18.7 Å². The van der Waals surface area contributed by atoms with Gasteiger partial charge in [0.05, 0.1) is 44.2 Å². The maximum atomic E-state index is 12.1. The van der Waals surface area contributed by atoms with Gasteiger partial charge in [-0.1, -0.05) is 0 Å². The van der Waals surface area contributed by atoms with Crippen LogP contribution in [0.3, 0.4) is 0 Å². The van der Waals surface area contributed by atoms with Crippen LogP contribution in [0.2, 0.25) is 0 Å². The van der Waals surface area contributed by atoms with Gasteiger partial charge in [0, 0.05) is 43.3 Å². The van der Waals surface area contributed by atoms with E-state index in [2.05, 4.69) is 45.0 Å². The molecule has 1 fully saturated rings. The SMILES string of the molecule is CC(C)Nc1cccnc1N1CCN(c2cc3ccc(OCCOCCOCCO)cc3[nH]2)C(C=O)C1. The van der Waals surface area contributed by atoms with Crippen molar-refractivity contribution in [1.82, 2.24) is 9.97 Å². The van der Waals surface area contributed by atoms with Gasteiger partial charge in [0.25, 0.3) is 0 Å². The predicted molar refractivity (Wildman–Crippen MR) is 145 cm³/mol. The van der Waals surface area contributed by atoms with Crippen molar-refractivity contribution in [2.45, 2.75) is 25.9 Å². The molecule has 1 aliphatic rings. The second kappa shape index (κ2) is 13.3. The van der Waals surface area contributed by atoms with Gasteiger partial charge in [-0.3, -0.25) is 0 Å². The van der Waals surface area contributed by atoms with E-state index >= 15 is 0 Å². The highest BCUT2D eigenvalue weighted by Crippen LogP contribution is 2.30. The van der Waals surface area contributed by atoms with Crippen LogP contribution in [0.4, 0.5) is 17.3 Å². The summed E-state index contributed by atoms with van der Waals surface area (Å²) in [7, 11) is 0. The molecule has 0 amide bonds. The number of anilines is 3. The predicted octanol–water partition coefficient (Wildman–Crippen LogP) is 2.68. The third kappa shape index (κ3) is 7.12. The molecule has 37 heavy (non-hydrogen) atoms. The summed E-state index contributed by atoms with van der Waals surface area (Å²) in [4.78, 5) is 24.5. The van der Waals surface area contributed by atoms with Gasteiger partial charge < -0.3 is 44.2 Å². The van der Waals surface area contributed by atoms with Gasteiger partial charge in [-0.15, -0.1) is 0 Å². The number of hydrogen-bond donors (Lipinski definition) is 3. The summed E-state index contributed by atoms with van der Waals surface area (Å²) in [5.41, 5.74) is 1.93. The molecule has 1 unspecified atom stereocenters. The van der Waals surface area contributed by atoms with Crippen molar-refractivity contribution < 1.29 is 24.1 Å². The lowest BCUT2D eigenvalue weighted by Gasteiger charge is -2.40. The minimum Gasteiger partial charge on any atom is -0.491 e. The highest BCUT2D eigenvalue weighted by Gasteiger charge is 2.29. The molecule has 4 rings (SSSR count). The van der Waals surface area contributed by atoms with Gasteiger partial charge in [0.1, 0.15) is 30.5 Å². The topological polar surface area (TPSA) is 112 Å². The number of piperazine rings is 1. The number of rotatable bonds is 14. The third-order valence-electron chi connectivity index (χ3n) is 6.10. The van der Waals surface area contributed by atoms with Crippen LogP contribution in [0.1, 0.15) is 13.8 Å². The molecule has 1 atom stereocenters. The van der Waals surface area contributed by atoms with E-state index in [1.807, 2.05) is 30.3 Å². The molecule has 3 aromatic rings. The standard InChI is InChI=1S/C27H37N5O5/c1-20(2)29-24-4-3-7-28-27(24)31-8-9-32(22(18-31)19-34)26-16-21-5-6-23(17-25(21)30-26)37-15-14-36-13-12-35-11-10-33/h3-7,16-17,19-20,22,29-30,33H,8-15,18H2,1-2H3. The second-order valence-electron chi connectivity index (χ2n) is 9.22. The second-order valence-corrected chi connectivity index (χ2v) is 9.22. The summed E-state index contributed by atoms with van der Waals surface area (Å²) < 4.78 is 16.5. The number of carbonyl (C=O) groups is 1. The fourth-order valence-corrected chi connectivity index (χ4v) is 4.43. The Hall–Kier alpha value is -3.34. The molecule has 3 N–H and O–H groups in total. The summed E-state index contributed by atoms with van der Waals surface area (Å²) in [6.07, 6.45) is 2.81. The number of ether oxygens (including phenoxy) is 3. The number of aldehydes is 1. The first-order valence-electron chi connectivity index (χ1n) is 12.8. The van der Waals surface area contributed by atoms with E-state index in [4.69, 9.17) is 19.3 Å². The highest BCUT2D eigenvalue weighted by molar-refractivity contribution is 5.86. The number of aliphatic hydroxyl groups excluding tert-OH is 1. The molecular weight excluding hydrogens is 474 g/mol. The van der Waals surface area contributed by atoms with Gasteiger partial charge in [0.15, 0.2) is 5.82 Å². The van der Waals surface area contributed by atoms with Crippen LogP contribution in [0.15, 0.2) is 42.6 Å². The minimum atomic E-state index is -0.301. The van der Waals surface area contributed by atoms with Gasteiger partial charge in [-0.05, 0) is 44.2 Å². The molecular formula is C27H37N5O5. The van der Waals surface area contributed by atoms with Crippen LogP contribution in [0.25, 0.3) is 10.9 Å². The molecule has 0 bridgehead atoms. The number of H-pyrrole nitrogens is 1. The number of carbonyl (C=O) groups excluding carboxylic acids is 1. The number of pyridine rings is 1. The van der Waals surface area contributed by atoms with Crippen molar-refractivity contribution in [3.63, 3.8) is 0 Å². The average molecular weight is 512 g/mol. The van der Waals surface area contributed by atoms with Crippen LogP contribution in [-0.2, 0) is 14.3 Å². The number of fused-ring (bicyclic) bond motifs is 1. The van der Waals surface area contributed by atoms with Crippen molar-refractivity contribution in [1.29, 1.82) is 0 Å². The number of nitrogens with zero attached hydrogens (tertiary/aromatic N) is 3. The fraction of sp³-hybridized carbons (Fsp3) is 0.481. The zero-order valence-electron chi connectivity index (χ0n) is 21.6. The summed E-state index contributed by atoms with van der Waals surface area (Å²) in [5.74, 6) is 2.54. The van der Waals surface area contributed by atoms with Crippen LogP contribution in [0, 0.1) is 0 Å². The van der Waals surface area contributed by atoms with Gasteiger partial charge in [0.2, 0.25) is 0 Å². The molecule has 3 heterocycles. The third-order valence-corrected chi connectivity index (χ3v) is 6.10. The van der Waals surface area contributed by atoms with Crippen LogP contribution in [-0.4, -0.2) is 92.7 Å². The summed E-state index contributed by atoms with van der Waals surface area (Å²) in [6, 6.07) is 11.9. The van der Waals surface area contributed by atoms with Crippen LogP contribution >= 0.6 is 0 Å². The Morgan fingerprint density at radius 1 is 1.14 bits per heavy atom. The lowest BCUT2D eigenvalue weighted by atomic mass is 10.1. The van der Waals surface area contributed by atoms with Gasteiger partial charge >= 0.3 is 0 Å². The Morgan fingerprint density at radius 3 is 2.73 bits per heavy atom. The number of aromatic nitrogens is 2. The zero-order valence-corrected chi connectivity index (χ0v) is 21.6. The van der Waals surface area contributed by atoms with E-state index in [9.17, 15) is 4.79 Å². The molecule has 1 aromatic carbocycles. The van der Waals surface area contributed by atoms with Crippen molar-refractivity contribution in [2.24, 2.45) is 0 Å². The summed E-state index contributed by atoms with van der Waals surface area (Å²) >= 11 is 0. The quantitative estimate of drug-likeness (QED) is 0.222. The Labute approximate surface area is 217 Å². The minimum absolute atomic E-state index is 0.0141. The number of nitrogens with one attached hydrogen (secondary N) is 2.